The van der Waals surface area contributed by atoms with Gasteiger partial charge in [0.25, 0.3) is 0 Å². The van der Waals surface area contributed by atoms with Gasteiger partial charge in [0.1, 0.15) is 5.75 Å². The Morgan fingerprint density at radius 2 is 2.25 bits per heavy atom. The van der Waals surface area contributed by atoms with Crippen molar-refractivity contribution in [3.8, 4) is 5.75 Å². The van der Waals surface area contributed by atoms with E-state index in [-0.39, 0.29) is 0 Å². The number of ether oxygens (including phenoxy) is 2. The van der Waals surface area contributed by atoms with Crippen LogP contribution in [-0.2, 0) is 16.1 Å². The van der Waals surface area contributed by atoms with Gasteiger partial charge < -0.3 is 14.6 Å². The van der Waals surface area contributed by atoms with Gasteiger partial charge in [0.2, 0.25) is 0 Å². The average molecular weight is 224 g/mol. The molecule has 1 unspecified atom stereocenters. The summed E-state index contributed by atoms with van der Waals surface area (Å²) in [6.07, 6.45) is -0.359. The van der Waals surface area contributed by atoms with Crippen LogP contribution in [0.5, 0.6) is 5.75 Å². The molecule has 0 heterocycles. The van der Waals surface area contributed by atoms with E-state index in [1.807, 2.05) is 12.1 Å². The van der Waals surface area contributed by atoms with Gasteiger partial charge in [0.15, 0.2) is 6.10 Å². The van der Waals surface area contributed by atoms with Crippen LogP contribution in [0.2, 0.25) is 0 Å². The monoisotopic (exact) mass is 224 g/mol. The number of carbonyl (C=O) groups is 1. The number of rotatable bonds is 6. The third-order valence-electron chi connectivity index (χ3n) is 2.13. The van der Waals surface area contributed by atoms with Crippen LogP contribution in [-0.4, -0.2) is 24.3 Å². The molecule has 4 nitrogen and oxygen atoms in total. The van der Waals surface area contributed by atoms with Crippen LogP contribution < -0.4 is 4.74 Å². The van der Waals surface area contributed by atoms with Crippen molar-refractivity contribution in [2.75, 3.05) is 7.11 Å². The number of carboxylic acids is 1. The highest BCUT2D eigenvalue weighted by Gasteiger charge is 2.16. The van der Waals surface area contributed by atoms with Gasteiger partial charge in [-0.15, -0.1) is 0 Å². The Morgan fingerprint density at radius 3 is 2.81 bits per heavy atom. The summed E-state index contributed by atoms with van der Waals surface area (Å²) in [6.45, 7) is 2.26. The molecule has 88 valence electrons. The van der Waals surface area contributed by atoms with Gasteiger partial charge >= 0.3 is 5.97 Å². The van der Waals surface area contributed by atoms with E-state index in [9.17, 15) is 4.79 Å². The van der Waals surface area contributed by atoms with Crippen molar-refractivity contribution in [1.82, 2.24) is 0 Å². The molecule has 1 aromatic rings. The molecule has 0 aromatic heterocycles. The third-order valence-corrected chi connectivity index (χ3v) is 2.13. The summed E-state index contributed by atoms with van der Waals surface area (Å²) in [5, 5.41) is 8.86. The van der Waals surface area contributed by atoms with Crippen LogP contribution in [0.15, 0.2) is 24.3 Å². The van der Waals surface area contributed by atoms with Crippen molar-refractivity contribution in [1.29, 1.82) is 0 Å². The number of carboxylic acid groups (broad SMARTS) is 1. The van der Waals surface area contributed by atoms with E-state index in [4.69, 9.17) is 14.6 Å². The molecule has 16 heavy (non-hydrogen) atoms. The van der Waals surface area contributed by atoms with Crippen molar-refractivity contribution >= 4 is 5.97 Å². The molecular formula is C12H16O4. The molecular weight excluding hydrogens is 208 g/mol. The number of aliphatic carboxylic acids is 1. The summed E-state index contributed by atoms with van der Waals surface area (Å²) in [4.78, 5) is 10.8. The maximum Gasteiger partial charge on any atom is 0.344 e. The summed E-state index contributed by atoms with van der Waals surface area (Å²) in [5.41, 5.74) is 0.959. The number of methoxy groups -OCH3 is 1. The minimum Gasteiger partial charge on any atom is -0.479 e. The summed E-state index contributed by atoms with van der Waals surface area (Å²) < 4.78 is 10.3. The van der Waals surface area contributed by atoms with Gasteiger partial charge in [-0.3, -0.25) is 0 Å². The van der Waals surface area contributed by atoms with Crippen molar-refractivity contribution < 1.29 is 19.4 Å². The molecule has 1 atom stereocenters. The Hall–Kier alpha value is -1.55. The Labute approximate surface area is 94.8 Å². The van der Waals surface area contributed by atoms with E-state index in [1.54, 1.807) is 26.2 Å². The van der Waals surface area contributed by atoms with Crippen molar-refractivity contribution in [3.63, 3.8) is 0 Å². The molecule has 4 heteroatoms. The zero-order valence-corrected chi connectivity index (χ0v) is 9.47. The van der Waals surface area contributed by atoms with E-state index in [0.717, 1.165) is 5.56 Å². The Bertz CT molecular complexity index is 349. The first-order chi connectivity index (χ1) is 7.67. The Balaban J connectivity index is 2.72. The summed E-state index contributed by atoms with van der Waals surface area (Å²) >= 11 is 0. The number of hydrogen-bond donors (Lipinski definition) is 1. The lowest BCUT2D eigenvalue weighted by Gasteiger charge is -2.13. The highest BCUT2D eigenvalue weighted by molar-refractivity contribution is 5.72. The second kappa shape index (κ2) is 6.12. The van der Waals surface area contributed by atoms with Gasteiger partial charge in [0.05, 0.1) is 6.61 Å². The zero-order valence-electron chi connectivity index (χ0n) is 9.47. The SMILES string of the molecule is CCC(Oc1cccc(COC)c1)C(=O)O. The van der Waals surface area contributed by atoms with Crippen LogP contribution in [0.4, 0.5) is 0 Å². The topological polar surface area (TPSA) is 55.8 Å². The number of benzene rings is 1. The summed E-state index contributed by atoms with van der Waals surface area (Å²) in [7, 11) is 1.61. The molecule has 0 aliphatic carbocycles. The second-order valence-corrected chi connectivity index (χ2v) is 3.43. The maximum absolute atomic E-state index is 10.8. The normalized spacial score (nSPS) is 12.1. The van der Waals surface area contributed by atoms with Gasteiger partial charge in [-0.2, -0.15) is 0 Å². The molecule has 0 spiro atoms. The smallest absolute Gasteiger partial charge is 0.344 e. The molecule has 0 aliphatic heterocycles. The van der Waals surface area contributed by atoms with Crippen LogP contribution in [0.3, 0.4) is 0 Å². The molecule has 0 bridgehead atoms. The fourth-order valence-corrected chi connectivity index (χ4v) is 1.35. The lowest BCUT2D eigenvalue weighted by atomic mass is 10.2. The lowest BCUT2D eigenvalue weighted by Crippen LogP contribution is -2.25. The molecule has 1 aromatic carbocycles. The second-order valence-electron chi connectivity index (χ2n) is 3.43. The average Bonchev–Trinajstić information content (AvgIpc) is 2.26. The molecule has 0 fully saturated rings. The maximum atomic E-state index is 10.8. The molecule has 1 N–H and O–H groups in total. The standard InChI is InChI=1S/C12H16O4/c1-3-11(12(13)14)16-10-6-4-5-9(7-10)8-15-2/h4-7,11H,3,8H2,1-2H3,(H,13,14). The van der Waals surface area contributed by atoms with Gasteiger partial charge in [-0.25, -0.2) is 4.79 Å². The summed E-state index contributed by atoms with van der Waals surface area (Å²) in [5.74, 6) is -0.386. The first kappa shape index (κ1) is 12.5. The largest absolute Gasteiger partial charge is 0.479 e. The highest BCUT2D eigenvalue weighted by Crippen LogP contribution is 2.16. The third kappa shape index (κ3) is 3.55. The predicted octanol–water partition coefficient (Wildman–Crippen LogP) is 2.07. The minimum atomic E-state index is -0.945. The Kier molecular flexibility index (Phi) is 4.79. The fourth-order valence-electron chi connectivity index (χ4n) is 1.35. The van der Waals surface area contributed by atoms with Crippen molar-refractivity contribution in [2.24, 2.45) is 0 Å². The highest BCUT2D eigenvalue weighted by atomic mass is 16.5. The molecule has 1 rings (SSSR count). The molecule has 0 aliphatic rings. The molecule has 0 saturated carbocycles. The van der Waals surface area contributed by atoms with Crippen LogP contribution in [0.1, 0.15) is 18.9 Å². The van der Waals surface area contributed by atoms with E-state index >= 15 is 0 Å². The number of hydrogen-bond acceptors (Lipinski definition) is 3. The summed E-state index contributed by atoms with van der Waals surface area (Å²) in [6, 6.07) is 7.25. The first-order valence-corrected chi connectivity index (χ1v) is 5.14. The van der Waals surface area contributed by atoms with Crippen LogP contribution >= 0.6 is 0 Å². The fraction of sp³-hybridized carbons (Fsp3) is 0.417. The van der Waals surface area contributed by atoms with Crippen LogP contribution in [0, 0.1) is 0 Å². The van der Waals surface area contributed by atoms with Gasteiger partial charge in [-0.05, 0) is 24.1 Å². The molecule has 0 saturated heterocycles. The van der Waals surface area contributed by atoms with E-state index in [0.29, 0.717) is 18.8 Å². The zero-order chi connectivity index (χ0) is 12.0. The molecule has 0 radical (unpaired) electrons. The van der Waals surface area contributed by atoms with E-state index in [2.05, 4.69) is 0 Å². The minimum absolute atomic E-state index is 0.434. The van der Waals surface area contributed by atoms with Gasteiger partial charge in [-0.1, -0.05) is 19.1 Å². The predicted molar refractivity (Wildman–Crippen MR) is 59.5 cm³/mol. The lowest BCUT2D eigenvalue weighted by molar-refractivity contribution is -0.145. The molecule has 0 amide bonds. The van der Waals surface area contributed by atoms with Gasteiger partial charge in [0, 0.05) is 7.11 Å². The van der Waals surface area contributed by atoms with Crippen molar-refractivity contribution in [2.45, 2.75) is 26.1 Å². The van der Waals surface area contributed by atoms with E-state index < -0.39 is 12.1 Å². The van der Waals surface area contributed by atoms with Crippen molar-refractivity contribution in [3.05, 3.63) is 29.8 Å². The first-order valence-electron chi connectivity index (χ1n) is 5.14. The Morgan fingerprint density at radius 1 is 1.50 bits per heavy atom. The quantitative estimate of drug-likeness (QED) is 0.803. The van der Waals surface area contributed by atoms with Crippen LogP contribution in [0.25, 0.3) is 0 Å². The van der Waals surface area contributed by atoms with E-state index in [1.165, 1.54) is 0 Å².